The van der Waals surface area contributed by atoms with Gasteiger partial charge in [0.1, 0.15) is 0 Å². The lowest BCUT2D eigenvalue weighted by Gasteiger charge is -2.32. The number of fused-ring (bicyclic) bond motifs is 1. The van der Waals surface area contributed by atoms with Gasteiger partial charge in [-0.05, 0) is 48.3 Å². The van der Waals surface area contributed by atoms with Crippen LogP contribution < -0.4 is 9.92 Å². The normalized spacial score (nSPS) is 11.7. The SMILES string of the molecule is CCCCc1ccccc1C(N)(CCCC)CCCC.O=S(=O)(O)Oc1cccc2ccccc12. The highest BCUT2D eigenvalue weighted by molar-refractivity contribution is 7.81. The largest absolute Gasteiger partial charge is 0.446 e. The first-order chi connectivity index (χ1) is 16.7. The molecule has 0 aliphatic carbocycles. The van der Waals surface area contributed by atoms with Crippen molar-refractivity contribution in [1.29, 1.82) is 0 Å². The third-order valence-corrected chi connectivity index (χ3v) is 6.64. The molecule has 3 aromatic carbocycles. The number of unbranched alkanes of at least 4 members (excludes halogenated alkanes) is 3. The van der Waals surface area contributed by atoms with Crippen molar-refractivity contribution in [1.82, 2.24) is 0 Å². The first-order valence-electron chi connectivity index (χ1n) is 12.8. The summed E-state index contributed by atoms with van der Waals surface area (Å²) in [6.07, 6.45) is 10.8. The van der Waals surface area contributed by atoms with Crippen LogP contribution in [-0.2, 0) is 22.4 Å². The molecule has 0 heterocycles. The van der Waals surface area contributed by atoms with Gasteiger partial charge in [0.15, 0.2) is 5.75 Å². The molecule has 0 saturated heterocycles. The summed E-state index contributed by atoms with van der Waals surface area (Å²) >= 11 is 0. The monoisotopic (exact) mass is 499 g/mol. The van der Waals surface area contributed by atoms with Gasteiger partial charge < -0.3 is 9.92 Å². The molecule has 0 aliphatic rings. The minimum atomic E-state index is -4.47. The predicted octanol–water partition coefficient (Wildman–Crippen LogP) is 7.59. The molecular weight excluding hydrogens is 458 g/mol. The second-order valence-corrected chi connectivity index (χ2v) is 10.1. The maximum absolute atomic E-state index is 10.6. The lowest BCUT2D eigenvalue weighted by atomic mass is 9.78. The highest BCUT2D eigenvalue weighted by atomic mass is 32.3. The summed E-state index contributed by atoms with van der Waals surface area (Å²) in [6.45, 7) is 6.76. The Hall–Kier alpha value is -2.41. The molecule has 0 aliphatic heterocycles. The zero-order valence-electron chi connectivity index (χ0n) is 21.4. The standard InChI is InChI=1S/C19H33N.C10H8O4S/c1-4-7-12-17-13-10-11-14-18(17)19(20,15-8-5-2)16-9-6-3;11-15(12,13)14-10-7-3-5-8-4-1-2-6-9(8)10/h10-11,13-14H,4-9,12,15-16,20H2,1-3H3;1-7H,(H,11,12,13). The molecule has 0 atom stereocenters. The lowest BCUT2D eigenvalue weighted by Crippen LogP contribution is -2.37. The second-order valence-electron chi connectivity index (χ2n) is 9.11. The number of nitrogens with two attached hydrogens (primary N) is 1. The van der Waals surface area contributed by atoms with E-state index >= 15 is 0 Å². The number of hydrogen-bond donors (Lipinski definition) is 2. The van der Waals surface area contributed by atoms with E-state index in [-0.39, 0.29) is 11.3 Å². The average molecular weight is 500 g/mol. The van der Waals surface area contributed by atoms with E-state index in [9.17, 15) is 8.42 Å². The fourth-order valence-electron chi connectivity index (χ4n) is 4.35. The van der Waals surface area contributed by atoms with Gasteiger partial charge in [-0.1, -0.05) is 114 Å². The molecule has 0 unspecified atom stereocenters. The quantitative estimate of drug-likeness (QED) is 0.251. The molecule has 0 aromatic heterocycles. The van der Waals surface area contributed by atoms with Crippen LogP contribution in [0.1, 0.15) is 83.3 Å². The van der Waals surface area contributed by atoms with Crippen LogP contribution in [0.3, 0.4) is 0 Å². The number of benzene rings is 3. The van der Waals surface area contributed by atoms with Crippen LogP contribution in [0.5, 0.6) is 5.75 Å². The van der Waals surface area contributed by atoms with Gasteiger partial charge in [-0.3, -0.25) is 4.55 Å². The van der Waals surface area contributed by atoms with Gasteiger partial charge in [0.05, 0.1) is 0 Å². The molecule has 0 saturated carbocycles. The molecular formula is C29H41NO4S. The van der Waals surface area contributed by atoms with Gasteiger partial charge in [-0.2, -0.15) is 8.42 Å². The highest BCUT2D eigenvalue weighted by Gasteiger charge is 2.28. The predicted molar refractivity (Wildman–Crippen MR) is 146 cm³/mol. The fourth-order valence-corrected chi connectivity index (χ4v) is 4.72. The van der Waals surface area contributed by atoms with Gasteiger partial charge in [-0.25, -0.2) is 0 Å². The lowest BCUT2D eigenvalue weighted by molar-refractivity contribution is 0.351. The minimum Gasteiger partial charge on any atom is -0.361 e. The van der Waals surface area contributed by atoms with E-state index in [1.54, 1.807) is 18.2 Å². The van der Waals surface area contributed by atoms with Crippen LogP contribution in [0.15, 0.2) is 66.7 Å². The van der Waals surface area contributed by atoms with Gasteiger partial charge in [0.25, 0.3) is 0 Å². The highest BCUT2D eigenvalue weighted by Crippen LogP contribution is 2.33. The molecule has 6 heteroatoms. The Labute approximate surface area is 211 Å². The topological polar surface area (TPSA) is 89.6 Å². The third kappa shape index (κ3) is 9.28. The van der Waals surface area contributed by atoms with E-state index in [0.29, 0.717) is 5.39 Å². The van der Waals surface area contributed by atoms with E-state index in [2.05, 4.69) is 49.2 Å². The summed E-state index contributed by atoms with van der Waals surface area (Å²) in [7, 11) is -4.47. The van der Waals surface area contributed by atoms with Gasteiger partial charge in [0.2, 0.25) is 0 Å². The van der Waals surface area contributed by atoms with Crippen molar-refractivity contribution in [2.24, 2.45) is 5.73 Å². The Morgan fingerprint density at radius 1 is 0.800 bits per heavy atom. The summed E-state index contributed by atoms with van der Waals surface area (Å²) < 4.78 is 34.2. The number of hydrogen-bond acceptors (Lipinski definition) is 4. The number of rotatable bonds is 12. The van der Waals surface area contributed by atoms with Crippen molar-refractivity contribution in [2.45, 2.75) is 84.1 Å². The van der Waals surface area contributed by atoms with Crippen molar-refractivity contribution in [3.8, 4) is 5.75 Å². The molecule has 3 N–H and O–H groups in total. The van der Waals surface area contributed by atoms with Crippen molar-refractivity contribution >= 4 is 21.2 Å². The smallest absolute Gasteiger partial charge is 0.361 e. The average Bonchev–Trinajstić information content (AvgIpc) is 2.85. The third-order valence-electron chi connectivity index (χ3n) is 6.25. The van der Waals surface area contributed by atoms with Crippen LogP contribution in [0.25, 0.3) is 10.8 Å². The van der Waals surface area contributed by atoms with Gasteiger partial charge >= 0.3 is 10.4 Å². The van der Waals surface area contributed by atoms with E-state index in [1.807, 2.05) is 18.2 Å². The maximum atomic E-state index is 10.6. The van der Waals surface area contributed by atoms with Crippen LogP contribution in [0, 0.1) is 0 Å². The zero-order valence-corrected chi connectivity index (χ0v) is 22.2. The molecule has 3 aromatic rings. The summed E-state index contributed by atoms with van der Waals surface area (Å²) in [4.78, 5) is 0. The van der Waals surface area contributed by atoms with Gasteiger partial charge in [-0.15, -0.1) is 0 Å². The van der Waals surface area contributed by atoms with E-state index in [4.69, 9.17) is 10.3 Å². The minimum absolute atomic E-state index is 0.115. The van der Waals surface area contributed by atoms with E-state index < -0.39 is 10.4 Å². The fraction of sp³-hybridized carbons (Fsp3) is 0.448. The van der Waals surface area contributed by atoms with Crippen molar-refractivity contribution in [2.75, 3.05) is 0 Å². The summed E-state index contributed by atoms with van der Waals surface area (Å²) in [6, 6.07) is 21.0. The molecule has 192 valence electrons. The van der Waals surface area contributed by atoms with E-state index in [1.165, 1.54) is 62.1 Å². The Morgan fingerprint density at radius 2 is 1.37 bits per heavy atom. The first kappa shape index (κ1) is 28.8. The molecule has 35 heavy (non-hydrogen) atoms. The Morgan fingerprint density at radius 3 is 2.00 bits per heavy atom. The van der Waals surface area contributed by atoms with Crippen molar-refractivity contribution in [3.63, 3.8) is 0 Å². The molecule has 0 fully saturated rings. The first-order valence-corrected chi connectivity index (χ1v) is 14.1. The Balaban J connectivity index is 0.000000256. The Kier molecular flexibility index (Phi) is 11.7. The second kappa shape index (κ2) is 14.2. The number of aryl methyl sites for hydroxylation is 1. The van der Waals surface area contributed by atoms with Crippen LogP contribution >= 0.6 is 0 Å². The van der Waals surface area contributed by atoms with Crippen LogP contribution in [-0.4, -0.2) is 13.0 Å². The van der Waals surface area contributed by atoms with Crippen molar-refractivity contribution in [3.05, 3.63) is 77.9 Å². The molecule has 0 radical (unpaired) electrons. The molecule has 3 rings (SSSR count). The summed E-state index contributed by atoms with van der Waals surface area (Å²) in [5, 5.41) is 1.48. The van der Waals surface area contributed by atoms with Crippen LogP contribution in [0.2, 0.25) is 0 Å². The zero-order chi connectivity index (χ0) is 25.7. The molecule has 0 amide bonds. The summed E-state index contributed by atoms with van der Waals surface area (Å²) in [5.74, 6) is 0.121. The van der Waals surface area contributed by atoms with Crippen molar-refractivity contribution < 1.29 is 17.2 Å². The Bertz CT molecular complexity index is 1130. The molecule has 5 nitrogen and oxygen atoms in total. The maximum Gasteiger partial charge on any atom is 0.446 e. The molecule has 0 bridgehead atoms. The van der Waals surface area contributed by atoms with Crippen LogP contribution in [0.4, 0.5) is 0 Å². The molecule has 0 spiro atoms. The summed E-state index contributed by atoms with van der Waals surface area (Å²) in [5.41, 5.74) is 9.64. The van der Waals surface area contributed by atoms with Gasteiger partial charge in [0, 0.05) is 10.9 Å². The van der Waals surface area contributed by atoms with E-state index in [0.717, 1.165) is 18.2 Å².